The number of aromatic nitrogens is 3. The van der Waals surface area contributed by atoms with Gasteiger partial charge in [-0.1, -0.05) is 12.1 Å². The number of H-pyrrole nitrogens is 1. The first-order valence-electron chi connectivity index (χ1n) is 8.84. The highest BCUT2D eigenvalue weighted by Gasteiger charge is 2.09. The Balaban J connectivity index is 0.00000280. The number of aliphatic imine (C=N–C) groups is 1. The SMILES string of the molecule is CCNC(=NCCc1nc(-c2ccco2)n[nH]1)N(C)Cc1cccc(F)c1.I. The summed E-state index contributed by atoms with van der Waals surface area (Å²) in [6, 6.07) is 10.2. The van der Waals surface area contributed by atoms with Crippen LogP contribution in [0, 0.1) is 5.82 Å². The Hall–Kier alpha value is -2.43. The van der Waals surface area contributed by atoms with E-state index in [1.165, 1.54) is 12.1 Å². The van der Waals surface area contributed by atoms with Gasteiger partial charge in [-0.3, -0.25) is 10.1 Å². The van der Waals surface area contributed by atoms with Crippen LogP contribution in [0.15, 0.2) is 52.1 Å². The third-order valence-corrected chi connectivity index (χ3v) is 3.89. The number of furan rings is 1. The molecule has 7 nitrogen and oxygen atoms in total. The molecule has 0 bridgehead atoms. The average molecular weight is 498 g/mol. The van der Waals surface area contributed by atoms with Crippen LogP contribution in [0.3, 0.4) is 0 Å². The lowest BCUT2D eigenvalue weighted by atomic mass is 10.2. The quantitative estimate of drug-likeness (QED) is 0.296. The van der Waals surface area contributed by atoms with Gasteiger partial charge in [0.05, 0.1) is 6.26 Å². The molecule has 3 rings (SSSR count). The molecule has 28 heavy (non-hydrogen) atoms. The van der Waals surface area contributed by atoms with Gasteiger partial charge in [0.2, 0.25) is 5.82 Å². The molecule has 0 fully saturated rings. The fraction of sp³-hybridized carbons (Fsp3) is 0.316. The highest BCUT2D eigenvalue weighted by Crippen LogP contribution is 2.14. The van der Waals surface area contributed by atoms with Crippen LogP contribution < -0.4 is 5.32 Å². The standard InChI is InChI=1S/C19H23FN6O.HI/c1-3-21-19(26(2)13-14-6-4-7-15(20)12-14)22-10-9-17-23-18(25-24-17)16-8-5-11-27-16;/h4-8,11-12H,3,9-10,13H2,1-2H3,(H,21,22)(H,23,24,25);1H. The smallest absolute Gasteiger partial charge is 0.216 e. The fourth-order valence-electron chi connectivity index (χ4n) is 2.64. The maximum atomic E-state index is 13.4. The number of hydrogen-bond donors (Lipinski definition) is 2. The van der Waals surface area contributed by atoms with Gasteiger partial charge in [0.15, 0.2) is 11.7 Å². The van der Waals surface area contributed by atoms with Crippen molar-refractivity contribution in [2.75, 3.05) is 20.1 Å². The minimum atomic E-state index is -0.236. The molecular weight excluding hydrogens is 474 g/mol. The Labute approximate surface area is 180 Å². The minimum Gasteiger partial charge on any atom is -0.461 e. The van der Waals surface area contributed by atoms with Crippen LogP contribution in [0.5, 0.6) is 0 Å². The van der Waals surface area contributed by atoms with Crippen molar-refractivity contribution in [1.82, 2.24) is 25.4 Å². The zero-order valence-corrected chi connectivity index (χ0v) is 18.2. The van der Waals surface area contributed by atoms with Gasteiger partial charge in [-0.25, -0.2) is 9.37 Å². The number of benzene rings is 1. The average Bonchev–Trinajstić information content (AvgIpc) is 3.32. The number of guanidine groups is 1. The molecule has 3 aromatic rings. The van der Waals surface area contributed by atoms with Gasteiger partial charge >= 0.3 is 0 Å². The Morgan fingerprint density at radius 1 is 1.32 bits per heavy atom. The van der Waals surface area contributed by atoms with E-state index in [9.17, 15) is 4.39 Å². The third kappa shape index (κ3) is 6.04. The van der Waals surface area contributed by atoms with Crippen LogP contribution in [0.25, 0.3) is 11.6 Å². The van der Waals surface area contributed by atoms with Crippen LogP contribution in [0.1, 0.15) is 18.3 Å². The van der Waals surface area contributed by atoms with E-state index in [0.29, 0.717) is 31.1 Å². The van der Waals surface area contributed by atoms with Gasteiger partial charge in [0, 0.05) is 33.1 Å². The number of rotatable bonds is 7. The van der Waals surface area contributed by atoms with Gasteiger partial charge in [-0.2, -0.15) is 5.10 Å². The lowest BCUT2D eigenvalue weighted by Gasteiger charge is -2.22. The second-order valence-corrected chi connectivity index (χ2v) is 6.05. The molecular formula is C19H24FIN6O. The third-order valence-electron chi connectivity index (χ3n) is 3.89. The van der Waals surface area contributed by atoms with Crippen LogP contribution in [0.4, 0.5) is 4.39 Å². The molecule has 2 N–H and O–H groups in total. The summed E-state index contributed by atoms with van der Waals surface area (Å²) in [5.74, 6) is 2.43. The van der Waals surface area contributed by atoms with Crippen LogP contribution in [-0.2, 0) is 13.0 Å². The molecule has 0 aliphatic rings. The zero-order chi connectivity index (χ0) is 19.1. The largest absolute Gasteiger partial charge is 0.461 e. The number of nitrogens with zero attached hydrogens (tertiary/aromatic N) is 4. The first kappa shape index (κ1) is 21.9. The summed E-state index contributed by atoms with van der Waals surface area (Å²) < 4.78 is 18.7. The van der Waals surface area contributed by atoms with Gasteiger partial charge in [-0.15, -0.1) is 24.0 Å². The minimum absolute atomic E-state index is 0. The van der Waals surface area contributed by atoms with E-state index in [2.05, 4.69) is 25.5 Å². The lowest BCUT2D eigenvalue weighted by molar-refractivity contribution is 0.475. The molecule has 0 aliphatic heterocycles. The normalized spacial score (nSPS) is 11.2. The Bertz CT molecular complexity index is 880. The predicted molar refractivity (Wildman–Crippen MR) is 117 cm³/mol. The Morgan fingerprint density at radius 3 is 2.89 bits per heavy atom. The summed E-state index contributed by atoms with van der Waals surface area (Å²) in [5.41, 5.74) is 0.890. The maximum Gasteiger partial charge on any atom is 0.216 e. The molecule has 0 saturated carbocycles. The number of nitrogens with one attached hydrogen (secondary N) is 2. The number of halogens is 2. The summed E-state index contributed by atoms with van der Waals surface area (Å²) >= 11 is 0. The summed E-state index contributed by atoms with van der Waals surface area (Å²) in [5, 5.41) is 10.3. The Kier molecular flexibility index (Phi) is 8.42. The number of hydrogen-bond acceptors (Lipinski definition) is 4. The highest BCUT2D eigenvalue weighted by atomic mass is 127. The van der Waals surface area contributed by atoms with Crippen molar-refractivity contribution >= 4 is 29.9 Å². The second kappa shape index (κ2) is 10.8. The van der Waals surface area contributed by atoms with Crippen molar-refractivity contribution in [2.24, 2.45) is 4.99 Å². The fourth-order valence-corrected chi connectivity index (χ4v) is 2.64. The molecule has 0 amide bonds. The molecule has 2 aromatic heterocycles. The summed E-state index contributed by atoms with van der Waals surface area (Å²) in [6.45, 7) is 3.87. The Morgan fingerprint density at radius 2 is 2.18 bits per heavy atom. The molecule has 0 spiro atoms. The van der Waals surface area contributed by atoms with Gasteiger partial charge in [-0.05, 0) is 36.8 Å². The summed E-state index contributed by atoms with van der Waals surface area (Å²) in [7, 11) is 1.93. The van der Waals surface area contributed by atoms with Crippen molar-refractivity contribution in [1.29, 1.82) is 0 Å². The molecule has 0 atom stereocenters. The van der Waals surface area contributed by atoms with E-state index in [1.54, 1.807) is 18.4 Å². The molecule has 1 aromatic carbocycles. The molecule has 150 valence electrons. The number of aromatic amines is 1. The topological polar surface area (TPSA) is 82.3 Å². The molecule has 0 radical (unpaired) electrons. The van der Waals surface area contributed by atoms with Crippen molar-refractivity contribution in [3.63, 3.8) is 0 Å². The zero-order valence-electron chi connectivity index (χ0n) is 15.9. The molecule has 0 aliphatic carbocycles. The monoisotopic (exact) mass is 498 g/mol. The summed E-state index contributed by atoms with van der Waals surface area (Å²) in [6.07, 6.45) is 2.21. The first-order chi connectivity index (χ1) is 13.2. The van der Waals surface area contributed by atoms with Gasteiger partial charge in [0.25, 0.3) is 0 Å². The second-order valence-electron chi connectivity index (χ2n) is 6.05. The van der Waals surface area contributed by atoms with Crippen molar-refractivity contribution in [2.45, 2.75) is 19.9 Å². The van der Waals surface area contributed by atoms with E-state index in [-0.39, 0.29) is 29.8 Å². The van der Waals surface area contributed by atoms with Crippen LogP contribution in [-0.4, -0.2) is 46.2 Å². The molecule has 0 saturated heterocycles. The summed E-state index contributed by atoms with van der Waals surface area (Å²) in [4.78, 5) is 11.0. The van der Waals surface area contributed by atoms with Crippen LogP contribution >= 0.6 is 24.0 Å². The van der Waals surface area contributed by atoms with Gasteiger partial charge < -0.3 is 14.6 Å². The molecule has 0 unspecified atom stereocenters. The van der Waals surface area contributed by atoms with E-state index in [4.69, 9.17) is 4.42 Å². The lowest BCUT2D eigenvalue weighted by Crippen LogP contribution is -2.38. The van der Waals surface area contributed by atoms with Crippen molar-refractivity contribution in [3.8, 4) is 11.6 Å². The first-order valence-corrected chi connectivity index (χ1v) is 8.84. The molecule has 2 heterocycles. The highest BCUT2D eigenvalue weighted by molar-refractivity contribution is 14.0. The predicted octanol–water partition coefficient (Wildman–Crippen LogP) is 3.46. The maximum absolute atomic E-state index is 13.4. The van der Waals surface area contributed by atoms with Crippen LogP contribution in [0.2, 0.25) is 0 Å². The van der Waals surface area contributed by atoms with E-state index in [1.807, 2.05) is 31.0 Å². The van der Waals surface area contributed by atoms with E-state index >= 15 is 0 Å². The molecule has 9 heteroatoms. The van der Waals surface area contributed by atoms with Crippen molar-refractivity contribution in [3.05, 3.63) is 59.9 Å². The van der Waals surface area contributed by atoms with Gasteiger partial charge in [0.1, 0.15) is 11.6 Å². The van der Waals surface area contributed by atoms with E-state index in [0.717, 1.165) is 23.9 Å². The van der Waals surface area contributed by atoms with E-state index < -0.39 is 0 Å². The van der Waals surface area contributed by atoms with Crippen molar-refractivity contribution < 1.29 is 8.81 Å².